The number of sulfonamides is 1. The molecule has 3 rings (SSSR count). The van der Waals surface area contributed by atoms with Crippen molar-refractivity contribution in [3.05, 3.63) is 47.3 Å². The molecular formula is C22H34N6O2S. The number of aromatic nitrogens is 2. The van der Waals surface area contributed by atoms with Crippen LogP contribution in [0.1, 0.15) is 43.1 Å². The van der Waals surface area contributed by atoms with Crippen LogP contribution in [-0.2, 0) is 23.1 Å². The highest BCUT2D eigenvalue weighted by molar-refractivity contribution is 7.89. The summed E-state index contributed by atoms with van der Waals surface area (Å²) < 4.78 is 28.9. The zero-order chi connectivity index (χ0) is 22.3. The first-order chi connectivity index (χ1) is 14.9. The smallest absolute Gasteiger partial charge is 0.243 e. The summed E-state index contributed by atoms with van der Waals surface area (Å²) in [4.78, 5) is 4.99. The van der Waals surface area contributed by atoms with Gasteiger partial charge in [0.1, 0.15) is 0 Å². The minimum Gasteiger partial charge on any atom is -0.357 e. The summed E-state index contributed by atoms with van der Waals surface area (Å²) in [6.45, 7) is 10.2. The van der Waals surface area contributed by atoms with E-state index in [1.165, 1.54) is 5.69 Å². The van der Waals surface area contributed by atoms with Gasteiger partial charge in [0.15, 0.2) is 5.96 Å². The molecule has 9 heteroatoms. The van der Waals surface area contributed by atoms with Crippen LogP contribution in [0.3, 0.4) is 0 Å². The van der Waals surface area contributed by atoms with Gasteiger partial charge in [0.05, 0.1) is 17.1 Å². The Hall–Kier alpha value is -2.39. The molecule has 1 fully saturated rings. The van der Waals surface area contributed by atoms with Gasteiger partial charge in [-0.2, -0.15) is 9.40 Å². The molecule has 0 aliphatic carbocycles. The molecule has 0 unspecified atom stereocenters. The molecule has 8 nitrogen and oxygen atoms in total. The van der Waals surface area contributed by atoms with Crippen molar-refractivity contribution in [2.24, 2.45) is 4.99 Å². The molecular weight excluding hydrogens is 412 g/mol. The van der Waals surface area contributed by atoms with Crippen LogP contribution in [0.15, 0.2) is 40.2 Å². The maximum absolute atomic E-state index is 12.6. The number of aliphatic imine (C=N–C) groups is 1. The fraction of sp³-hybridized carbons (Fsp3) is 0.545. The highest BCUT2D eigenvalue weighted by atomic mass is 32.2. The Labute approximate surface area is 185 Å². The Morgan fingerprint density at radius 1 is 1.13 bits per heavy atom. The molecule has 1 saturated heterocycles. The number of hydrogen-bond donors (Lipinski definition) is 2. The molecule has 0 radical (unpaired) electrons. The van der Waals surface area contributed by atoms with Gasteiger partial charge in [0.25, 0.3) is 0 Å². The zero-order valence-electron chi connectivity index (χ0n) is 18.8. The van der Waals surface area contributed by atoms with Gasteiger partial charge < -0.3 is 10.6 Å². The summed E-state index contributed by atoms with van der Waals surface area (Å²) in [6.07, 6.45) is 2.82. The third kappa shape index (κ3) is 6.30. The van der Waals surface area contributed by atoms with Crippen LogP contribution in [-0.4, -0.2) is 54.6 Å². The average Bonchev–Trinajstić information content (AvgIpc) is 3.40. The summed E-state index contributed by atoms with van der Waals surface area (Å²) >= 11 is 0. The molecule has 31 heavy (non-hydrogen) atoms. The van der Waals surface area contributed by atoms with Crippen molar-refractivity contribution in [3.8, 4) is 0 Å². The van der Waals surface area contributed by atoms with E-state index in [2.05, 4.69) is 33.7 Å². The maximum Gasteiger partial charge on any atom is 0.243 e. The summed E-state index contributed by atoms with van der Waals surface area (Å²) in [6, 6.07) is 9.15. The number of benzene rings is 1. The summed E-state index contributed by atoms with van der Waals surface area (Å²) in [5.74, 6) is 0.754. The van der Waals surface area contributed by atoms with Gasteiger partial charge in [-0.3, -0.25) is 4.68 Å². The van der Waals surface area contributed by atoms with Gasteiger partial charge in [-0.25, -0.2) is 13.4 Å². The zero-order valence-corrected chi connectivity index (χ0v) is 19.6. The second kappa shape index (κ2) is 10.8. The minimum atomic E-state index is -3.37. The lowest BCUT2D eigenvalue weighted by Gasteiger charge is -2.15. The molecule has 0 saturated carbocycles. The van der Waals surface area contributed by atoms with E-state index in [0.717, 1.165) is 56.1 Å². The van der Waals surface area contributed by atoms with Crippen LogP contribution in [0.5, 0.6) is 0 Å². The predicted molar refractivity (Wildman–Crippen MR) is 124 cm³/mol. The summed E-state index contributed by atoms with van der Waals surface area (Å²) in [7, 11) is -3.37. The van der Waals surface area contributed by atoms with Crippen molar-refractivity contribution in [1.29, 1.82) is 0 Å². The third-order valence-electron chi connectivity index (χ3n) is 5.33. The number of nitrogens with one attached hydrogen (secondary N) is 2. The lowest BCUT2D eigenvalue weighted by Crippen LogP contribution is -2.38. The number of guanidine groups is 1. The average molecular weight is 447 g/mol. The van der Waals surface area contributed by atoms with Gasteiger partial charge in [-0.05, 0) is 63.8 Å². The predicted octanol–water partition coefficient (Wildman–Crippen LogP) is 2.43. The standard InChI is InChI=1S/C22H34N6O2S/c1-4-23-22(24-12-7-15-28-19(3)16-18(2)26-28)25-17-20-8-10-21(11-9-20)31(29,30)27-13-5-6-14-27/h8-11,16H,4-7,12-15,17H2,1-3H3,(H2,23,24,25). The Morgan fingerprint density at radius 2 is 1.84 bits per heavy atom. The largest absolute Gasteiger partial charge is 0.357 e. The molecule has 2 heterocycles. The fourth-order valence-electron chi connectivity index (χ4n) is 3.69. The van der Waals surface area contributed by atoms with Crippen molar-refractivity contribution < 1.29 is 8.42 Å². The Bertz CT molecular complexity index is 976. The molecule has 1 aromatic heterocycles. The first-order valence-electron chi connectivity index (χ1n) is 11.0. The molecule has 0 amide bonds. The Balaban J connectivity index is 1.52. The second-order valence-corrected chi connectivity index (χ2v) is 9.82. The molecule has 1 aliphatic heterocycles. The lowest BCUT2D eigenvalue weighted by atomic mass is 10.2. The first kappa shape index (κ1) is 23.3. The van der Waals surface area contributed by atoms with Crippen LogP contribution >= 0.6 is 0 Å². The summed E-state index contributed by atoms with van der Waals surface area (Å²) in [5.41, 5.74) is 3.19. The van der Waals surface area contributed by atoms with E-state index in [0.29, 0.717) is 24.5 Å². The fourth-order valence-corrected chi connectivity index (χ4v) is 5.21. The quantitative estimate of drug-likeness (QED) is 0.351. The van der Waals surface area contributed by atoms with Crippen molar-refractivity contribution >= 4 is 16.0 Å². The van der Waals surface area contributed by atoms with Crippen molar-refractivity contribution in [1.82, 2.24) is 24.7 Å². The van der Waals surface area contributed by atoms with E-state index >= 15 is 0 Å². The number of aryl methyl sites for hydroxylation is 3. The summed E-state index contributed by atoms with van der Waals surface area (Å²) in [5, 5.41) is 11.1. The van der Waals surface area contributed by atoms with Gasteiger partial charge in [-0.1, -0.05) is 12.1 Å². The molecule has 170 valence electrons. The number of hydrogen-bond acceptors (Lipinski definition) is 4. The topological polar surface area (TPSA) is 91.6 Å². The normalized spacial score (nSPS) is 15.4. The number of nitrogens with zero attached hydrogens (tertiary/aromatic N) is 4. The molecule has 1 aromatic carbocycles. The molecule has 0 atom stereocenters. The highest BCUT2D eigenvalue weighted by Crippen LogP contribution is 2.21. The van der Waals surface area contributed by atoms with Gasteiger partial charge in [0.2, 0.25) is 10.0 Å². The van der Waals surface area contributed by atoms with E-state index < -0.39 is 10.0 Å². The highest BCUT2D eigenvalue weighted by Gasteiger charge is 2.26. The third-order valence-corrected chi connectivity index (χ3v) is 7.25. The van der Waals surface area contributed by atoms with Gasteiger partial charge >= 0.3 is 0 Å². The monoisotopic (exact) mass is 446 g/mol. The molecule has 1 aliphatic rings. The lowest BCUT2D eigenvalue weighted by molar-refractivity contribution is 0.477. The second-order valence-electron chi connectivity index (χ2n) is 7.88. The molecule has 2 N–H and O–H groups in total. The van der Waals surface area contributed by atoms with Crippen molar-refractivity contribution in [2.45, 2.75) is 58.0 Å². The van der Waals surface area contributed by atoms with Crippen LogP contribution < -0.4 is 10.6 Å². The van der Waals surface area contributed by atoms with Crippen LogP contribution in [0.2, 0.25) is 0 Å². The SMILES string of the molecule is CCNC(=NCc1ccc(S(=O)(=O)N2CCCC2)cc1)NCCCn1nc(C)cc1C. The van der Waals surface area contributed by atoms with Gasteiger partial charge in [0, 0.05) is 38.4 Å². The van der Waals surface area contributed by atoms with Crippen molar-refractivity contribution in [3.63, 3.8) is 0 Å². The van der Waals surface area contributed by atoms with E-state index in [-0.39, 0.29) is 0 Å². The van der Waals surface area contributed by atoms with E-state index in [1.807, 2.05) is 30.7 Å². The van der Waals surface area contributed by atoms with E-state index in [1.54, 1.807) is 16.4 Å². The molecule has 0 bridgehead atoms. The number of rotatable bonds is 9. The van der Waals surface area contributed by atoms with Crippen molar-refractivity contribution in [2.75, 3.05) is 26.2 Å². The Morgan fingerprint density at radius 3 is 2.45 bits per heavy atom. The van der Waals surface area contributed by atoms with Gasteiger partial charge in [-0.15, -0.1) is 0 Å². The first-order valence-corrected chi connectivity index (χ1v) is 12.5. The van der Waals surface area contributed by atoms with E-state index in [9.17, 15) is 8.42 Å². The molecule has 0 spiro atoms. The van der Waals surface area contributed by atoms with Crippen LogP contribution in [0.4, 0.5) is 0 Å². The van der Waals surface area contributed by atoms with Crippen LogP contribution in [0, 0.1) is 13.8 Å². The van der Waals surface area contributed by atoms with E-state index in [4.69, 9.17) is 0 Å². The van der Waals surface area contributed by atoms with Crippen LogP contribution in [0.25, 0.3) is 0 Å². The minimum absolute atomic E-state index is 0.358. The maximum atomic E-state index is 12.6. The Kier molecular flexibility index (Phi) is 8.09. The molecule has 2 aromatic rings.